The molecule has 1 amide bonds. The summed E-state index contributed by atoms with van der Waals surface area (Å²) in [4.78, 5) is 22.3. The summed E-state index contributed by atoms with van der Waals surface area (Å²) < 4.78 is 15.5. The molecule has 0 aliphatic carbocycles. The van der Waals surface area contributed by atoms with Crippen LogP contribution in [-0.2, 0) is 9.59 Å². The average Bonchev–Trinajstić information content (AvgIpc) is 2.59. The largest absolute Gasteiger partial charge is 0.497 e. The van der Waals surface area contributed by atoms with Gasteiger partial charge in [0.25, 0.3) is 5.91 Å². The Morgan fingerprint density at radius 3 is 2.29 bits per heavy atom. The lowest BCUT2D eigenvalue weighted by Crippen LogP contribution is -2.20. The molecule has 0 radical (unpaired) electrons. The SMILES string of the molecule is COc1cccc(OCC(=O)Nc2ccc(OCC(=O)O)cc2)c1. The van der Waals surface area contributed by atoms with Crippen molar-refractivity contribution >= 4 is 17.6 Å². The molecule has 0 unspecified atom stereocenters. The van der Waals surface area contributed by atoms with E-state index < -0.39 is 12.6 Å². The summed E-state index contributed by atoms with van der Waals surface area (Å²) in [7, 11) is 1.55. The molecule has 0 bridgehead atoms. The molecule has 126 valence electrons. The zero-order valence-corrected chi connectivity index (χ0v) is 13.0. The second-order valence-electron chi connectivity index (χ2n) is 4.72. The van der Waals surface area contributed by atoms with Crippen molar-refractivity contribution in [3.8, 4) is 17.2 Å². The van der Waals surface area contributed by atoms with Gasteiger partial charge in [0.1, 0.15) is 17.2 Å². The smallest absolute Gasteiger partial charge is 0.341 e. The number of anilines is 1. The van der Waals surface area contributed by atoms with E-state index in [9.17, 15) is 9.59 Å². The maximum Gasteiger partial charge on any atom is 0.341 e. The van der Waals surface area contributed by atoms with Crippen LogP contribution >= 0.6 is 0 Å². The van der Waals surface area contributed by atoms with Crippen LogP contribution in [0.3, 0.4) is 0 Å². The van der Waals surface area contributed by atoms with E-state index in [0.717, 1.165) is 0 Å². The van der Waals surface area contributed by atoms with E-state index >= 15 is 0 Å². The van der Waals surface area contributed by atoms with E-state index in [0.29, 0.717) is 22.9 Å². The summed E-state index contributed by atoms with van der Waals surface area (Å²) in [6.07, 6.45) is 0. The van der Waals surface area contributed by atoms with Crippen molar-refractivity contribution in [3.63, 3.8) is 0 Å². The third-order valence-electron chi connectivity index (χ3n) is 2.91. The third kappa shape index (κ3) is 5.53. The molecule has 0 aliphatic heterocycles. The lowest BCUT2D eigenvalue weighted by Gasteiger charge is -2.09. The maximum atomic E-state index is 11.9. The number of hydrogen-bond acceptors (Lipinski definition) is 5. The van der Waals surface area contributed by atoms with Gasteiger partial charge < -0.3 is 24.6 Å². The molecule has 7 heteroatoms. The Labute approximate surface area is 138 Å². The minimum absolute atomic E-state index is 0.148. The Morgan fingerprint density at radius 2 is 1.62 bits per heavy atom. The molecule has 0 aliphatic rings. The Bertz CT molecular complexity index is 698. The number of methoxy groups -OCH3 is 1. The number of rotatable bonds is 8. The first-order valence-electron chi connectivity index (χ1n) is 7.08. The molecular formula is C17H17NO6. The summed E-state index contributed by atoms with van der Waals surface area (Å²) in [6.45, 7) is -0.565. The molecule has 0 fully saturated rings. The summed E-state index contributed by atoms with van der Waals surface area (Å²) in [6, 6.07) is 13.3. The Kier molecular flexibility index (Phi) is 6.01. The number of benzene rings is 2. The number of carbonyl (C=O) groups is 2. The standard InChI is InChI=1S/C17H17NO6/c1-22-14-3-2-4-15(9-14)23-10-16(19)18-12-5-7-13(8-6-12)24-11-17(20)21/h2-9H,10-11H2,1H3,(H,18,19)(H,20,21). The van der Waals surface area contributed by atoms with Crippen LogP contribution in [0.1, 0.15) is 0 Å². The van der Waals surface area contributed by atoms with E-state index in [4.69, 9.17) is 19.3 Å². The van der Waals surface area contributed by atoms with Crippen molar-refractivity contribution in [2.75, 3.05) is 25.6 Å². The number of hydrogen-bond donors (Lipinski definition) is 2. The second kappa shape index (κ2) is 8.42. The molecule has 24 heavy (non-hydrogen) atoms. The first-order valence-corrected chi connectivity index (χ1v) is 7.08. The lowest BCUT2D eigenvalue weighted by atomic mass is 10.3. The number of ether oxygens (including phenoxy) is 3. The average molecular weight is 331 g/mol. The molecule has 2 N–H and O–H groups in total. The van der Waals surface area contributed by atoms with E-state index in [1.165, 1.54) is 0 Å². The molecule has 0 heterocycles. The van der Waals surface area contributed by atoms with Gasteiger partial charge in [0.15, 0.2) is 13.2 Å². The Hall–Kier alpha value is -3.22. The topological polar surface area (TPSA) is 94.1 Å². The molecule has 2 rings (SSSR count). The molecule has 0 saturated heterocycles. The highest BCUT2D eigenvalue weighted by Gasteiger charge is 2.05. The van der Waals surface area contributed by atoms with Gasteiger partial charge in [0.05, 0.1) is 7.11 Å². The quantitative estimate of drug-likeness (QED) is 0.770. The van der Waals surface area contributed by atoms with Crippen LogP contribution in [-0.4, -0.2) is 37.3 Å². The van der Waals surface area contributed by atoms with Crippen molar-refractivity contribution in [1.82, 2.24) is 0 Å². The minimum atomic E-state index is -1.05. The number of amides is 1. The van der Waals surface area contributed by atoms with Gasteiger partial charge in [0, 0.05) is 11.8 Å². The van der Waals surface area contributed by atoms with Crippen LogP contribution in [0.5, 0.6) is 17.2 Å². The van der Waals surface area contributed by atoms with E-state index in [1.807, 2.05) is 0 Å². The summed E-state index contributed by atoms with van der Waals surface area (Å²) in [5, 5.41) is 11.2. The van der Waals surface area contributed by atoms with Gasteiger partial charge in [-0.05, 0) is 36.4 Å². The number of carboxylic acids is 1. The van der Waals surface area contributed by atoms with Crippen molar-refractivity contribution in [2.24, 2.45) is 0 Å². The summed E-state index contributed by atoms with van der Waals surface area (Å²) in [5.74, 6) is 0.203. The van der Waals surface area contributed by atoms with Gasteiger partial charge in [-0.25, -0.2) is 4.79 Å². The maximum absolute atomic E-state index is 11.9. The summed E-state index contributed by atoms with van der Waals surface area (Å²) in [5.41, 5.74) is 0.553. The van der Waals surface area contributed by atoms with Crippen LogP contribution in [0.15, 0.2) is 48.5 Å². The highest BCUT2D eigenvalue weighted by Crippen LogP contribution is 2.19. The molecular weight excluding hydrogens is 314 g/mol. The van der Waals surface area contributed by atoms with Crippen molar-refractivity contribution in [2.45, 2.75) is 0 Å². The Balaban J connectivity index is 1.82. The molecule has 7 nitrogen and oxygen atoms in total. The highest BCUT2D eigenvalue weighted by atomic mass is 16.5. The molecule has 0 saturated carbocycles. The number of carboxylic acid groups (broad SMARTS) is 1. The number of carbonyl (C=O) groups excluding carboxylic acids is 1. The monoisotopic (exact) mass is 331 g/mol. The van der Waals surface area contributed by atoms with Gasteiger partial charge in [0.2, 0.25) is 0 Å². The minimum Gasteiger partial charge on any atom is -0.497 e. The van der Waals surface area contributed by atoms with Crippen LogP contribution in [0.25, 0.3) is 0 Å². The summed E-state index contributed by atoms with van der Waals surface area (Å²) >= 11 is 0. The van der Waals surface area contributed by atoms with E-state index in [2.05, 4.69) is 5.32 Å². The van der Waals surface area contributed by atoms with Gasteiger partial charge in [-0.2, -0.15) is 0 Å². The second-order valence-corrected chi connectivity index (χ2v) is 4.72. The molecule has 2 aromatic carbocycles. The van der Waals surface area contributed by atoms with Crippen molar-refractivity contribution < 1.29 is 28.9 Å². The zero-order chi connectivity index (χ0) is 17.4. The van der Waals surface area contributed by atoms with Gasteiger partial charge in [-0.3, -0.25) is 4.79 Å². The first kappa shape index (κ1) is 17.1. The predicted molar refractivity (Wildman–Crippen MR) is 86.7 cm³/mol. The van der Waals surface area contributed by atoms with Crippen molar-refractivity contribution in [3.05, 3.63) is 48.5 Å². The normalized spacial score (nSPS) is 9.88. The fraction of sp³-hybridized carbons (Fsp3) is 0.176. The zero-order valence-electron chi connectivity index (χ0n) is 13.0. The van der Waals surface area contributed by atoms with E-state index in [-0.39, 0.29) is 12.5 Å². The molecule has 2 aromatic rings. The lowest BCUT2D eigenvalue weighted by molar-refractivity contribution is -0.139. The van der Waals surface area contributed by atoms with Gasteiger partial charge in [-0.1, -0.05) is 6.07 Å². The predicted octanol–water partition coefficient (Wildman–Crippen LogP) is 2.18. The first-order chi connectivity index (χ1) is 11.6. The number of nitrogens with one attached hydrogen (secondary N) is 1. The number of aliphatic carboxylic acids is 1. The molecule has 0 atom stereocenters. The van der Waals surface area contributed by atoms with E-state index in [1.54, 1.807) is 55.6 Å². The van der Waals surface area contributed by atoms with Crippen molar-refractivity contribution in [1.29, 1.82) is 0 Å². The van der Waals surface area contributed by atoms with Crippen LogP contribution in [0.2, 0.25) is 0 Å². The fourth-order valence-electron chi connectivity index (χ4n) is 1.82. The van der Waals surface area contributed by atoms with Crippen LogP contribution in [0, 0.1) is 0 Å². The van der Waals surface area contributed by atoms with Crippen LogP contribution in [0.4, 0.5) is 5.69 Å². The van der Waals surface area contributed by atoms with Crippen LogP contribution < -0.4 is 19.5 Å². The molecule has 0 aromatic heterocycles. The molecule has 0 spiro atoms. The van der Waals surface area contributed by atoms with Gasteiger partial charge in [-0.15, -0.1) is 0 Å². The van der Waals surface area contributed by atoms with Gasteiger partial charge >= 0.3 is 5.97 Å². The fourth-order valence-corrected chi connectivity index (χ4v) is 1.82. The highest BCUT2D eigenvalue weighted by molar-refractivity contribution is 5.91. The Morgan fingerprint density at radius 1 is 0.958 bits per heavy atom. The third-order valence-corrected chi connectivity index (χ3v) is 2.91.